The Morgan fingerprint density at radius 3 is 2.94 bits per heavy atom. The van der Waals surface area contributed by atoms with Crippen molar-refractivity contribution in [1.29, 1.82) is 0 Å². The van der Waals surface area contributed by atoms with Crippen molar-refractivity contribution < 1.29 is 9.53 Å². The second-order valence-corrected chi connectivity index (χ2v) is 3.90. The fourth-order valence-corrected chi connectivity index (χ4v) is 1.82. The van der Waals surface area contributed by atoms with Gasteiger partial charge in [0.25, 0.3) is 0 Å². The predicted molar refractivity (Wildman–Crippen MR) is 61.1 cm³/mol. The number of hydrogen-bond donors (Lipinski definition) is 1. The molecule has 0 bridgehead atoms. The second kappa shape index (κ2) is 4.28. The summed E-state index contributed by atoms with van der Waals surface area (Å²) in [5.74, 6) is -0.467. The minimum Gasteiger partial charge on any atom is -0.465 e. The first-order valence-electron chi connectivity index (χ1n) is 4.45. The Hall–Kier alpha value is -1.95. The van der Waals surface area contributed by atoms with Crippen molar-refractivity contribution >= 4 is 23.0 Å². The van der Waals surface area contributed by atoms with Crippen LogP contribution in [0.1, 0.15) is 10.4 Å². The van der Waals surface area contributed by atoms with Crippen LogP contribution in [-0.4, -0.2) is 23.0 Å². The first-order valence-corrected chi connectivity index (χ1v) is 5.33. The zero-order chi connectivity index (χ0) is 11.5. The van der Waals surface area contributed by atoms with Gasteiger partial charge in [0.1, 0.15) is 0 Å². The maximum absolute atomic E-state index is 11.4. The highest BCUT2D eigenvalue weighted by Gasteiger charge is 2.12. The number of esters is 1. The molecule has 2 aromatic rings. The Balaban J connectivity index is 2.47. The van der Waals surface area contributed by atoms with E-state index in [0.29, 0.717) is 16.9 Å². The van der Waals surface area contributed by atoms with Crippen LogP contribution in [0.15, 0.2) is 24.0 Å². The highest BCUT2D eigenvalue weighted by Crippen LogP contribution is 2.24. The van der Waals surface area contributed by atoms with Crippen molar-refractivity contribution in [2.45, 2.75) is 0 Å². The fraction of sp³-hybridized carbons (Fsp3) is 0.100. The molecule has 0 aliphatic carbocycles. The summed E-state index contributed by atoms with van der Waals surface area (Å²) in [4.78, 5) is 20.4. The van der Waals surface area contributed by atoms with Crippen LogP contribution in [0.3, 0.4) is 0 Å². The Kier molecular flexibility index (Phi) is 2.82. The van der Waals surface area contributed by atoms with Crippen LogP contribution in [0, 0.1) is 0 Å². The number of nitrogens with zero attached hydrogens (tertiary/aromatic N) is 2. The summed E-state index contributed by atoms with van der Waals surface area (Å²) in [6.07, 6.45) is 3.13. The predicted octanol–water partition coefficient (Wildman–Crippen LogP) is 1.57. The Labute approximate surface area is 95.9 Å². The van der Waals surface area contributed by atoms with Gasteiger partial charge in [0.15, 0.2) is 0 Å². The first kappa shape index (κ1) is 10.6. The Morgan fingerprint density at radius 2 is 2.31 bits per heavy atom. The highest BCUT2D eigenvalue weighted by atomic mass is 32.1. The maximum atomic E-state index is 11.4. The molecule has 0 unspecified atom stereocenters. The van der Waals surface area contributed by atoms with E-state index in [1.54, 1.807) is 17.8 Å². The van der Waals surface area contributed by atoms with Crippen molar-refractivity contribution in [3.8, 4) is 10.6 Å². The number of rotatable bonds is 2. The molecule has 2 N–H and O–H groups in total. The van der Waals surface area contributed by atoms with Crippen molar-refractivity contribution in [2.75, 3.05) is 12.8 Å². The molecule has 0 saturated carbocycles. The van der Waals surface area contributed by atoms with Gasteiger partial charge in [-0.3, -0.25) is 9.97 Å². The van der Waals surface area contributed by atoms with E-state index < -0.39 is 5.97 Å². The lowest BCUT2D eigenvalue weighted by Crippen LogP contribution is -2.06. The van der Waals surface area contributed by atoms with E-state index in [2.05, 4.69) is 14.7 Å². The largest absolute Gasteiger partial charge is 0.465 e. The van der Waals surface area contributed by atoms with Crippen molar-refractivity contribution in [3.63, 3.8) is 0 Å². The van der Waals surface area contributed by atoms with Crippen LogP contribution < -0.4 is 5.73 Å². The van der Waals surface area contributed by atoms with Gasteiger partial charge in [-0.1, -0.05) is 0 Å². The molecule has 0 saturated heterocycles. The third kappa shape index (κ3) is 1.87. The van der Waals surface area contributed by atoms with Crippen molar-refractivity contribution in [2.24, 2.45) is 0 Å². The normalized spacial score (nSPS) is 10.1. The number of nitrogen functional groups attached to an aromatic ring is 1. The molecule has 16 heavy (non-hydrogen) atoms. The second-order valence-electron chi connectivity index (χ2n) is 3.01. The van der Waals surface area contributed by atoms with Crippen LogP contribution >= 0.6 is 11.3 Å². The number of carbonyl (C=O) groups is 1. The Bertz CT molecular complexity index is 511. The molecule has 5 nitrogen and oxygen atoms in total. The number of thiazole rings is 1. The molecule has 0 fully saturated rings. The maximum Gasteiger partial charge on any atom is 0.340 e. The van der Waals surface area contributed by atoms with E-state index in [1.807, 2.05) is 0 Å². The summed E-state index contributed by atoms with van der Waals surface area (Å²) in [5, 5.41) is 0. The number of carbonyl (C=O) groups excluding carboxylic acids is 1. The smallest absolute Gasteiger partial charge is 0.340 e. The molecule has 2 aromatic heterocycles. The number of pyridine rings is 1. The summed E-state index contributed by atoms with van der Waals surface area (Å²) >= 11 is 1.44. The summed E-state index contributed by atoms with van der Waals surface area (Å²) in [6.45, 7) is 0. The zero-order valence-electron chi connectivity index (χ0n) is 8.51. The standard InChI is InChI=1S/C10H9N3O2S/c1-15-10(14)6-2-8(13-3-7(6)11)9-4-12-5-16-9/h2-5H,11H2,1H3. The van der Waals surface area contributed by atoms with Crippen LogP contribution in [0.25, 0.3) is 10.6 Å². The molecule has 0 amide bonds. The van der Waals surface area contributed by atoms with Gasteiger partial charge in [0, 0.05) is 6.20 Å². The number of methoxy groups -OCH3 is 1. The molecule has 0 spiro atoms. The van der Waals surface area contributed by atoms with Gasteiger partial charge in [-0.05, 0) is 6.07 Å². The summed E-state index contributed by atoms with van der Waals surface area (Å²) in [5.41, 5.74) is 8.63. The topological polar surface area (TPSA) is 78.1 Å². The third-order valence-electron chi connectivity index (χ3n) is 2.02. The Morgan fingerprint density at radius 1 is 1.50 bits per heavy atom. The summed E-state index contributed by atoms with van der Waals surface area (Å²) < 4.78 is 4.63. The minimum atomic E-state index is -0.467. The van der Waals surface area contributed by atoms with E-state index in [-0.39, 0.29) is 0 Å². The molecule has 0 radical (unpaired) electrons. The number of ether oxygens (including phenoxy) is 1. The number of aromatic nitrogens is 2. The summed E-state index contributed by atoms with van der Waals surface area (Å²) in [6, 6.07) is 1.61. The minimum absolute atomic E-state index is 0.306. The van der Waals surface area contributed by atoms with Gasteiger partial charge in [0.05, 0.1) is 40.6 Å². The van der Waals surface area contributed by atoms with E-state index in [4.69, 9.17) is 5.73 Å². The molecule has 0 aliphatic rings. The average molecular weight is 235 g/mol. The molecular formula is C10H9N3O2S. The van der Waals surface area contributed by atoms with Gasteiger partial charge < -0.3 is 10.5 Å². The van der Waals surface area contributed by atoms with E-state index in [0.717, 1.165) is 4.88 Å². The molecule has 2 rings (SSSR count). The fourth-order valence-electron chi connectivity index (χ4n) is 1.23. The lowest BCUT2D eigenvalue weighted by Gasteiger charge is -2.04. The average Bonchev–Trinajstić information content (AvgIpc) is 2.82. The van der Waals surface area contributed by atoms with E-state index in [1.165, 1.54) is 24.6 Å². The molecule has 2 heterocycles. The third-order valence-corrected chi connectivity index (χ3v) is 2.82. The molecule has 6 heteroatoms. The number of hydrogen-bond acceptors (Lipinski definition) is 6. The van der Waals surface area contributed by atoms with E-state index >= 15 is 0 Å². The van der Waals surface area contributed by atoms with Gasteiger partial charge in [-0.2, -0.15) is 0 Å². The van der Waals surface area contributed by atoms with Gasteiger partial charge in [-0.15, -0.1) is 11.3 Å². The number of anilines is 1. The monoisotopic (exact) mass is 235 g/mol. The van der Waals surface area contributed by atoms with Gasteiger partial charge in [0.2, 0.25) is 0 Å². The van der Waals surface area contributed by atoms with Crippen LogP contribution in [0.4, 0.5) is 5.69 Å². The first-order chi connectivity index (χ1) is 7.72. The molecule has 0 aromatic carbocycles. The van der Waals surface area contributed by atoms with Crippen molar-refractivity contribution in [3.05, 3.63) is 29.5 Å². The lowest BCUT2D eigenvalue weighted by atomic mass is 10.2. The highest BCUT2D eigenvalue weighted by molar-refractivity contribution is 7.13. The molecule has 82 valence electrons. The number of nitrogens with two attached hydrogens (primary N) is 1. The zero-order valence-corrected chi connectivity index (χ0v) is 9.32. The van der Waals surface area contributed by atoms with E-state index in [9.17, 15) is 4.79 Å². The SMILES string of the molecule is COC(=O)c1cc(-c2cncs2)ncc1N. The lowest BCUT2D eigenvalue weighted by molar-refractivity contribution is 0.0602. The molecule has 0 atom stereocenters. The van der Waals surface area contributed by atoms with Crippen LogP contribution in [0.5, 0.6) is 0 Å². The van der Waals surface area contributed by atoms with Crippen LogP contribution in [0.2, 0.25) is 0 Å². The molecular weight excluding hydrogens is 226 g/mol. The van der Waals surface area contributed by atoms with Crippen molar-refractivity contribution in [1.82, 2.24) is 9.97 Å². The quantitative estimate of drug-likeness (QED) is 0.799. The summed E-state index contributed by atoms with van der Waals surface area (Å²) in [7, 11) is 1.31. The van der Waals surface area contributed by atoms with Crippen LogP contribution in [-0.2, 0) is 4.74 Å². The van der Waals surface area contributed by atoms with Gasteiger partial charge in [-0.25, -0.2) is 4.79 Å². The molecule has 0 aliphatic heterocycles. The van der Waals surface area contributed by atoms with Gasteiger partial charge >= 0.3 is 5.97 Å².